The van der Waals surface area contributed by atoms with E-state index in [1.54, 1.807) is 50.6 Å². The first-order valence-corrected chi connectivity index (χ1v) is 7.72. The summed E-state index contributed by atoms with van der Waals surface area (Å²) < 4.78 is 19.5. The van der Waals surface area contributed by atoms with Crippen LogP contribution in [0.15, 0.2) is 51.7 Å². The SMILES string of the molecule is CCOC(=O)C=Cc1ccco1.CCOC(=O)CCc1ccco1. The molecule has 0 unspecified atom stereocenters. The zero-order chi connectivity index (χ0) is 17.6. The van der Waals surface area contributed by atoms with Gasteiger partial charge in [0.15, 0.2) is 0 Å². The highest BCUT2D eigenvalue weighted by atomic mass is 16.5. The van der Waals surface area contributed by atoms with Gasteiger partial charge in [-0.25, -0.2) is 4.79 Å². The highest BCUT2D eigenvalue weighted by Gasteiger charge is 2.03. The molecular weight excluding hydrogens is 312 g/mol. The molecular formula is C18H22O6. The number of carbonyl (C=O) groups is 2. The van der Waals surface area contributed by atoms with Crippen molar-refractivity contribution in [2.24, 2.45) is 0 Å². The van der Waals surface area contributed by atoms with Crippen molar-refractivity contribution >= 4 is 18.0 Å². The van der Waals surface area contributed by atoms with Crippen LogP contribution in [0.3, 0.4) is 0 Å². The topological polar surface area (TPSA) is 78.9 Å². The third kappa shape index (κ3) is 8.63. The molecule has 0 amide bonds. The van der Waals surface area contributed by atoms with Crippen LogP contribution in [0.5, 0.6) is 0 Å². The molecule has 2 aromatic heterocycles. The largest absolute Gasteiger partial charge is 0.469 e. The zero-order valence-electron chi connectivity index (χ0n) is 13.9. The van der Waals surface area contributed by atoms with Gasteiger partial charge in [-0.05, 0) is 44.2 Å². The second-order valence-corrected chi connectivity index (χ2v) is 4.49. The molecule has 2 rings (SSSR count). The van der Waals surface area contributed by atoms with E-state index in [2.05, 4.69) is 4.74 Å². The molecule has 2 heterocycles. The highest BCUT2D eigenvalue weighted by Crippen LogP contribution is 2.04. The number of rotatable bonds is 7. The van der Waals surface area contributed by atoms with Crippen molar-refractivity contribution in [2.75, 3.05) is 13.2 Å². The molecule has 0 aliphatic heterocycles. The van der Waals surface area contributed by atoms with Crippen LogP contribution in [0, 0.1) is 0 Å². The number of ether oxygens (including phenoxy) is 2. The van der Waals surface area contributed by atoms with E-state index in [1.165, 1.54) is 6.08 Å². The molecule has 6 nitrogen and oxygen atoms in total. The van der Waals surface area contributed by atoms with Gasteiger partial charge in [0, 0.05) is 12.5 Å². The quantitative estimate of drug-likeness (QED) is 0.568. The van der Waals surface area contributed by atoms with Gasteiger partial charge in [0.05, 0.1) is 32.2 Å². The fourth-order valence-electron chi connectivity index (χ4n) is 1.64. The normalized spacial score (nSPS) is 10.1. The van der Waals surface area contributed by atoms with E-state index in [-0.39, 0.29) is 11.9 Å². The Bertz CT molecular complexity index is 596. The molecule has 24 heavy (non-hydrogen) atoms. The molecule has 0 aliphatic carbocycles. The lowest BCUT2D eigenvalue weighted by molar-refractivity contribution is -0.143. The number of aryl methyl sites for hydroxylation is 1. The predicted octanol–water partition coefficient (Wildman–Crippen LogP) is 3.63. The van der Waals surface area contributed by atoms with Gasteiger partial charge in [-0.1, -0.05) is 0 Å². The molecule has 0 fully saturated rings. The van der Waals surface area contributed by atoms with Crippen molar-refractivity contribution in [1.29, 1.82) is 0 Å². The Balaban J connectivity index is 0.000000240. The summed E-state index contributed by atoms with van der Waals surface area (Å²) in [7, 11) is 0. The second-order valence-electron chi connectivity index (χ2n) is 4.49. The maximum atomic E-state index is 10.9. The van der Waals surface area contributed by atoms with E-state index in [4.69, 9.17) is 13.6 Å². The minimum absolute atomic E-state index is 0.172. The second kappa shape index (κ2) is 11.8. The summed E-state index contributed by atoms with van der Waals surface area (Å²) >= 11 is 0. The van der Waals surface area contributed by atoms with Crippen LogP contribution < -0.4 is 0 Å². The number of hydrogen-bond acceptors (Lipinski definition) is 6. The highest BCUT2D eigenvalue weighted by molar-refractivity contribution is 5.86. The predicted molar refractivity (Wildman–Crippen MR) is 88.0 cm³/mol. The van der Waals surface area contributed by atoms with E-state index in [9.17, 15) is 9.59 Å². The van der Waals surface area contributed by atoms with Gasteiger partial charge >= 0.3 is 11.9 Å². The summed E-state index contributed by atoms with van der Waals surface area (Å²) in [4.78, 5) is 21.7. The van der Waals surface area contributed by atoms with Crippen molar-refractivity contribution in [2.45, 2.75) is 26.7 Å². The number of esters is 2. The van der Waals surface area contributed by atoms with E-state index in [0.29, 0.717) is 31.8 Å². The lowest BCUT2D eigenvalue weighted by Gasteiger charge is -1.98. The average Bonchev–Trinajstić information content (AvgIpc) is 3.26. The smallest absolute Gasteiger partial charge is 0.330 e. The van der Waals surface area contributed by atoms with Gasteiger partial charge in [-0.2, -0.15) is 0 Å². The maximum absolute atomic E-state index is 10.9. The molecule has 0 saturated carbocycles. The molecule has 0 aliphatic rings. The van der Waals surface area contributed by atoms with Crippen LogP contribution in [0.2, 0.25) is 0 Å². The van der Waals surface area contributed by atoms with Crippen LogP contribution in [0.1, 0.15) is 31.8 Å². The molecule has 2 aromatic rings. The van der Waals surface area contributed by atoms with Crippen molar-refractivity contribution in [3.63, 3.8) is 0 Å². The summed E-state index contributed by atoms with van der Waals surface area (Å²) in [5.41, 5.74) is 0. The van der Waals surface area contributed by atoms with Gasteiger partial charge in [-0.15, -0.1) is 0 Å². The standard InChI is InChI=1S/C9H12O3.C9H10O3/c2*1-2-11-9(10)6-5-8-4-3-7-12-8/h3-4,7H,2,5-6H2,1H3;3-7H,2H2,1H3. The Hall–Kier alpha value is -2.76. The Morgan fingerprint density at radius 3 is 2.33 bits per heavy atom. The minimum atomic E-state index is -0.353. The Morgan fingerprint density at radius 2 is 1.75 bits per heavy atom. The van der Waals surface area contributed by atoms with E-state index in [0.717, 1.165) is 5.76 Å². The monoisotopic (exact) mass is 334 g/mol. The molecule has 0 atom stereocenters. The van der Waals surface area contributed by atoms with E-state index in [1.807, 2.05) is 6.07 Å². The fourth-order valence-corrected chi connectivity index (χ4v) is 1.64. The molecule has 0 spiro atoms. The summed E-state index contributed by atoms with van der Waals surface area (Å²) in [6, 6.07) is 7.17. The van der Waals surface area contributed by atoms with Crippen molar-refractivity contribution in [3.05, 3.63) is 54.4 Å². The summed E-state index contributed by atoms with van der Waals surface area (Å²) in [6.45, 7) is 4.39. The summed E-state index contributed by atoms with van der Waals surface area (Å²) in [5, 5.41) is 0. The first kappa shape index (κ1) is 19.3. The number of hydrogen-bond donors (Lipinski definition) is 0. The first-order valence-electron chi connectivity index (χ1n) is 7.72. The molecule has 130 valence electrons. The van der Waals surface area contributed by atoms with Crippen LogP contribution >= 0.6 is 0 Å². The lowest BCUT2D eigenvalue weighted by atomic mass is 10.2. The Labute approximate surface area is 141 Å². The molecule has 0 radical (unpaired) electrons. The third-order valence-corrected chi connectivity index (χ3v) is 2.67. The molecule has 0 N–H and O–H groups in total. The Kier molecular flexibility index (Phi) is 9.45. The maximum Gasteiger partial charge on any atom is 0.330 e. The van der Waals surface area contributed by atoms with E-state index >= 15 is 0 Å². The number of furan rings is 2. The number of carbonyl (C=O) groups excluding carboxylic acids is 2. The molecule has 6 heteroatoms. The van der Waals surface area contributed by atoms with Gasteiger partial charge in [-0.3, -0.25) is 4.79 Å². The van der Waals surface area contributed by atoms with Gasteiger partial charge < -0.3 is 18.3 Å². The van der Waals surface area contributed by atoms with Gasteiger partial charge in [0.2, 0.25) is 0 Å². The summed E-state index contributed by atoms with van der Waals surface area (Å²) in [6.07, 6.45) is 7.05. The van der Waals surface area contributed by atoms with Gasteiger partial charge in [0.25, 0.3) is 0 Å². The fraction of sp³-hybridized carbons (Fsp3) is 0.333. The lowest BCUT2D eigenvalue weighted by Crippen LogP contribution is -2.04. The van der Waals surface area contributed by atoms with Crippen molar-refractivity contribution < 1.29 is 27.9 Å². The van der Waals surface area contributed by atoms with Crippen LogP contribution in [0.4, 0.5) is 0 Å². The van der Waals surface area contributed by atoms with E-state index < -0.39 is 0 Å². The average molecular weight is 334 g/mol. The summed E-state index contributed by atoms with van der Waals surface area (Å²) in [5.74, 6) is 0.939. The minimum Gasteiger partial charge on any atom is -0.469 e. The van der Waals surface area contributed by atoms with Crippen LogP contribution in [-0.4, -0.2) is 25.2 Å². The molecule has 0 bridgehead atoms. The van der Waals surface area contributed by atoms with Crippen molar-refractivity contribution in [3.8, 4) is 0 Å². The molecule has 0 saturated heterocycles. The van der Waals surface area contributed by atoms with Crippen LogP contribution in [0.25, 0.3) is 6.08 Å². The molecule has 0 aromatic carbocycles. The van der Waals surface area contributed by atoms with Crippen molar-refractivity contribution in [1.82, 2.24) is 0 Å². The third-order valence-electron chi connectivity index (χ3n) is 2.67. The zero-order valence-corrected chi connectivity index (χ0v) is 13.9. The van der Waals surface area contributed by atoms with Gasteiger partial charge in [0.1, 0.15) is 11.5 Å². The first-order chi connectivity index (χ1) is 11.7. The van der Waals surface area contributed by atoms with Crippen LogP contribution in [-0.2, 0) is 25.5 Å². The Morgan fingerprint density at radius 1 is 1.04 bits per heavy atom.